The van der Waals surface area contributed by atoms with Gasteiger partial charge in [-0.2, -0.15) is 0 Å². The van der Waals surface area contributed by atoms with E-state index in [1.165, 1.54) is 24.5 Å². The number of nitrogen functional groups attached to an aromatic ring is 1. The van der Waals surface area contributed by atoms with Crippen LogP contribution in [0.4, 0.5) is 14.6 Å². The third kappa shape index (κ3) is 2.03. The lowest BCUT2D eigenvalue weighted by Gasteiger charge is -2.06. The van der Waals surface area contributed by atoms with Crippen LogP contribution in [0, 0.1) is 6.92 Å². The first-order valence-electron chi connectivity index (χ1n) is 5.43. The van der Waals surface area contributed by atoms with Crippen LogP contribution in [0.3, 0.4) is 0 Å². The summed E-state index contributed by atoms with van der Waals surface area (Å²) in [6.45, 7) is 1.76. The maximum absolute atomic E-state index is 13.0. The number of nitrogens with two attached hydrogens (primary N) is 1. The second-order valence-corrected chi connectivity index (χ2v) is 4.11. The molecule has 2 heterocycles. The third-order valence-corrected chi connectivity index (χ3v) is 2.70. The minimum Gasteiger partial charge on any atom is -0.395 e. The first-order chi connectivity index (χ1) is 8.94. The number of benzene rings is 1. The molecule has 0 spiro atoms. The van der Waals surface area contributed by atoms with Crippen molar-refractivity contribution in [2.75, 3.05) is 5.73 Å². The van der Waals surface area contributed by atoms with Crippen LogP contribution < -0.4 is 15.2 Å². The number of fused-ring (bicyclic) bond motifs is 1. The largest absolute Gasteiger partial charge is 0.586 e. The lowest BCUT2D eigenvalue weighted by atomic mass is 10.1. The Hall–Kier alpha value is -2.44. The Balaban J connectivity index is 2.07. The van der Waals surface area contributed by atoms with Crippen LogP contribution in [0.5, 0.6) is 11.5 Å². The maximum atomic E-state index is 13.0. The summed E-state index contributed by atoms with van der Waals surface area (Å²) < 4.78 is 34.7. The Labute approximate surface area is 107 Å². The Morgan fingerprint density at radius 2 is 1.79 bits per heavy atom. The minimum absolute atomic E-state index is 0.00894. The molecule has 1 aliphatic heterocycles. The molecule has 0 radical (unpaired) electrons. The molecule has 0 saturated heterocycles. The molecular weight excluding hydrogens is 256 g/mol. The van der Waals surface area contributed by atoms with Crippen LogP contribution in [-0.4, -0.2) is 16.3 Å². The normalized spacial score (nSPS) is 15.5. The number of nitrogens with zero attached hydrogens (tertiary/aromatic N) is 2. The molecule has 1 aliphatic rings. The number of ether oxygens (including phenoxy) is 2. The molecule has 2 aromatic rings. The lowest BCUT2D eigenvalue weighted by molar-refractivity contribution is -0.286. The van der Waals surface area contributed by atoms with Gasteiger partial charge in [0.05, 0.1) is 18.1 Å². The minimum atomic E-state index is -3.62. The number of hydrogen-bond donors (Lipinski definition) is 1. The average Bonchev–Trinajstić information content (AvgIpc) is 2.62. The van der Waals surface area contributed by atoms with Gasteiger partial charge in [0.1, 0.15) is 5.82 Å². The Bertz CT molecular complexity index is 644. The van der Waals surface area contributed by atoms with Crippen LogP contribution in [-0.2, 0) is 0 Å². The standard InChI is InChI=1S/C12H9F2N3O2/c1-6-2-9-10(19-12(13,14)18-9)3-7(6)8-4-17-11(15)5-16-8/h2-5H,1H3,(H2,15,17). The second-order valence-electron chi connectivity index (χ2n) is 4.11. The van der Waals surface area contributed by atoms with Crippen molar-refractivity contribution in [1.29, 1.82) is 0 Å². The van der Waals surface area contributed by atoms with E-state index in [1.54, 1.807) is 6.92 Å². The van der Waals surface area contributed by atoms with Crippen molar-refractivity contribution in [3.05, 3.63) is 30.1 Å². The maximum Gasteiger partial charge on any atom is 0.586 e. The Morgan fingerprint density at radius 1 is 1.11 bits per heavy atom. The summed E-state index contributed by atoms with van der Waals surface area (Å²) in [5.41, 5.74) is 7.33. The molecule has 0 aliphatic carbocycles. The fraction of sp³-hybridized carbons (Fsp3) is 0.167. The van der Waals surface area contributed by atoms with Gasteiger partial charge in [0, 0.05) is 5.56 Å². The topological polar surface area (TPSA) is 70.3 Å². The summed E-state index contributed by atoms with van der Waals surface area (Å²) in [6.07, 6.45) is -0.758. The van der Waals surface area contributed by atoms with Crippen molar-refractivity contribution in [2.45, 2.75) is 13.2 Å². The SMILES string of the molecule is Cc1cc2c(cc1-c1cnc(N)cn1)OC(F)(F)O2. The first-order valence-corrected chi connectivity index (χ1v) is 5.43. The van der Waals surface area contributed by atoms with Gasteiger partial charge in [-0.3, -0.25) is 4.98 Å². The lowest BCUT2D eigenvalue weighted by Crippen LogP contribution is -2.25. The van der Waals surface area contributed by atoms with Crippen molar-refractivity contribution in [1.82, 2.24) is 9.97 Å². The van der Waals surface area contributed by atoms with E-state index >= 15 is 0 Å². The third-order valence-electron chi connectivity index (χ3n) is 2.70. The van der Waals surface area contributed by atoms with Crippen LogP contribution in [0.1, 0.15) is 5.56 Å². The van der Waals surface area contributed by atoms with E-state index in [2.05, 4.69) is 19.4 Å². The van der Waals surface area contributed by atoms with E-state index in [9.17, 15) is 8.78 Å². The van der Waals surface area contributed by atoms with Crippen molar-refractivity contribution in [3.8, 4) is 22.8 Å². The smallest absolute Gasteiger partial charge is 0.395 e. The highest BCUT2D eigenvalue weighted by atomic mass is 19.3. The van der Waals surface area contributed by atoms with Crippen molar-refractivity contribution in [3.63, 3.8) is 0 Å². The van der Waals surface area contributed by atoms with Gasteiger partial charge in [-0.1, -0.05) is 0 Å². The predicted octanol–water partition coefficient (Wildman–Crippen LogP) is 2.36. The van der Waals surface area contributed by atoms with Crippen LogP contribution >= 0.6 is 0 Å². The fourth-order valence-electron chi connectivity index (χ4n) is 1.85. The molecule has 19 heavy (non-hydrogen) atoms. The van der Waals surface area contributed by atoms with Gasteiger partial charge in [0.25, 0.3) is 0 Å². The zero-order chi connectivity index (χ0) is 13.6. The van der Waals surface area contributed by atoms with E-state index < -0.39 is 6.29 Å². The van der Waals surface area contributed by atoms with Crippen LogP contribution in [0.25, 0.3) is 11.3 Å². The summed E-state index contributed by atoms with van der Waals surface area (Å²) in [5, 5.41) is 0. The van der Waals surface area contributed by atoms with E-state index in [4.69, 9.17) is 5.73 Å². The Kier molecular flexibility index (Phi) is 2.31. The molecule has 5 nitrogen and oxygen atoms in total. The number of hydrogen-bond acceptors (Lipinski definition) is 5. The van der Waals surface area contributed by atoms with Crippen molar-refractivity contribution in [2.24, 2.45) is 0 Å². The average molecular weight is 265 g/mol. The molecule has 7 heteroatoms. The van der Waals surface area contributed by atoms with Gasteiger partial charge in [0.2, 0.25) is 0 Å². The zero-order valence-corrected chi connectivity index (χ0v) is 9.85. The van der Waals surface area contributed by atoms with Crippen molar-refractivity contribution < 1.29 is 18.3 Å². The Morgan fingerprint density at radius 3 is 2.42 bits per heavy atom. The second kappa shape index (κ2) is 3.78. The predicted molar refractivity (Wildman–Crippen MR) is 62.8 cm³/mol. The molecule has 98 valence electrons. The van der Waals surface area contributed by atoms with Gasteiger partial charge >= 0.3 is 6.29 Å². The van der Waals surface area contributed by atoms with Gasteiger partial charge < -0.3 is 15.2 Å². The quantitative estimate of drug-likeness (QED) is 0.857. The molecule has 1 aromatic heterocycles. The molecule has 2 N–H and O–H groups in total. The van der Waals surface area contributed by atoms with Gasteiger partial charge in [-0.05, 0) is 24.6 Å². The highest BCUT2D eigenvalue weighted by Gasteiger charge is 2.43. The molecular formula is C12H9F2N3O2. The van der Waals surface area contributed by atoms with Crippen LogP contribution in [0.2, 0.25) is 0 Å². The number of aromatic nitrogens is 2. The van der Waals surface area contributed by atoms with E-state index in [1.807, 2.05) is 0 Å². The molecule has 0 saturated carbocycles. The van der Waals surface area contributed by atoms with Gasteiger partial charge in [-0.15, -0.1) is 8.78 Å². The summed E-state index contributed by atoms with van der Waals surface area (Å²) in [5.74, 6) is 0.271. The zero-order valence-electron chi connectivity index (χ0n) is 9.85. The summed E-state index contributed by atoms with van der Waals surface area (Å²) >= 11 is 0. The summed E-state index contributed by atoms with van der Waals surface area (Å²) in [7, 11) is 0. The van der Waals surface area contributed by atoms with E-state index in [0.717, 1.165) is 5.56 Å². The summed E-state index contributed by atoms with van der Waals surface area (Å²) in [6, 6.07) is 2.93. The first kappa shape index (κ1) is 11.6. The monoisotopic (exact) mass is 265 g/mol. The molecule has 0 bridgehead atoms. The van der Waals surface area contributed by atoms with Gasteiger partial charge in [-0.25, -0.2) is 4.98 Å². The molecule has 1 aromatic carbocycles. The summed E-state index contributed by atoms with van der Waals surface area (Å²) in [4.78, 5) is 8.01. The number of alkyl halides is 2. The van der Waals surface area contributed by atoms with E-state index in [0.29, 0.717) is 11.3 Å². The van der Waals surface area contributed by atoms with Crippen molar-refractivity contribution >= 4 is 5.82 Å². The molecule has 3 rings (SSSR count). The number of halogens is 2. The molecule has 0 fully saturated rings. The highest BCUT2D eigenvalue weighted by Crippen LogP contribution is 2.44. The molecule has 0 atom stereocenters. The van der Waals surface area contributed by atoms with E-state index in [-0.39, 0.29) is 17.3 Å². The fourth-order valence-corrected chi connectivity index (χ4v) is 1.85. The van der Waals surface area contributed by atoms with Crippen LogP contribution in [0.15, 0.2) is 24.5 Å². The molecule has 0 amide bonds. The molecule has 0 unspecified atom stereocenters. The number of aryl methyl sites for hydroxylation is 1. The van der Waals surface area contributed by atoms with Gasteiger partial charge in [0.15, 0.2) is 11.5 Å². The number of anilines is 1. The number of rotatable bonds is 1. The highest BCUT2D eigenvalue weighted by molar-refractivity contribution is 5.68.